The Labute approximate surface area is 116 Å². The molecular weight excluding hydrogens is 244 g/mol. The van der Waals surface area contributed by atoms with E-state index in [1.165, 1.54) is 19.3 Å². The van der Waals surface area contributed by atoms with Gasteiger partial charge in [-0.3, -0.25) is 4.79 Å². The fourth-order valence-electron chi connectivity index (χ4n) is 2.57. The molecule has 0 heterocycles. The fourth-order valence-corrected chi connectivity index (χ4v) is 2.57. The molecule has 0 aromatic heterocycles. The second-order valence-corrected chi connectivity index (χ2v) is 5.40. The lowest BCUT2D eigenvalue weighted by molar-refractivity contribution is -0.124. The lowest BCUT2D eigenvalue weighted by atomic mass is 9.95. The highest BCUT2D eigenvalue weighted by Crippen LogP contribution is 2.17. The van der Waals surface area contributed by atoms with Crippen LogP contribution in [0.25, 0.3) is 0 Å². The summed E-state index contributed by atoms with van der Waals surface area (Å²) >= 11 is 0. The van der Waals surface area contributed by atoms with E-state index in [1.54, 1.807) is 7.11 Å². The normalized spacial score (nSPS) is 19.9. The molecule has 0 aromatic rings. The van der Waals surface area contributed by atoms with Crippen LogP contribution in [0.4, 0.5) is 0 Å². The van der Waals surface area contributed by atoms with Crippen LogP contribution in [-0.4, -0.2) is 49.5 Å². The van der Waals surface area contributed by atoms with Crippen molar-refractivity contribution in [2.45, 2.75) is 63.6 Å². The number of carbonyl (C=O) groups is 1. The number of carbonyl (C=O) groups excluding carboxylic acids is 1. The minimum absolute atomic E-state index is 0.0158. The maximum Gasteiger partial charge on any atom is 0.237 e. The van der Waals surface area contributed by atoms with Crippen LogP contribution >= 0.6 is 0 Å². The van der Waals surface area contributed by atoms with E-state index in [-0.39, 0.29) is 24.6 Å². The van der Waals surface area contributed by atoms with Gasteiger partial charge in [-0.2, -0.15) is 0 Å². The number of rotatable bonds is 8. The van der Waals surface area contributed by atoms with Gasteiger partial charge in [0, 0.05) is 25.8 Å². The predicted molar refractivity (Wildman–Crippen MR) is 75.0 cm³/mol. The zero-order valence-electron chi connectivity index (χ0n) is 12.2. The molecular formula is C14H28N2O3. The van der Waals surface area contributed by atoms with Crippen molar-refractivity contribution >= 4 is 5.91 Å². The molecule has 2 atom stereocenters. The van der Waals surface area contributed by atoms with Crippen molar-refractivity contribution in [3.05, 3.63) is 0 Å². The van der Waals surface area contributed by atoms with Crippen molar-refractivity contribution in [1.82, 2.24) is 10.6 Å². The highest BCUT2D eigenvalue weighted by atomic mass is 16.5. The lowest BCUT2D eigenvalue weighted by Crippen LogP contribution is -2.50. The van der Waals surface area contributed by atoms with Crippen LogP contribution < -0.4 is 10.6 Å². The molecule has 0 aliphatic heterocycles. The van der Waals surface area contributed by atoms with Crippen molar-refractivity contribution < 1.29 is 14.6 Å². The number of aliphatic hydroxyl groups excluding tert-OH is 1. The summed E-state index contributed by atoms with van der Waals surface area (Å²) in [7, 11) is 1.62. The van der Waals surface area contributed by atoms with E-state index in [0.29, 0.717) is 19.1 Å². The monoisotopic (exact) mass is 272 g/mol. The number of amides is 1. The Morgan fingerprint density at radius 2 is 2.05 bits per heavy atom. The average Bonchev–Trinajstić information content (AvgIpc) is 2.40. The van der Waals surface area contributed by atoms with E-state index >= 15 is 0 Å². The molecule has 0 spiro atoms. The maximum atomic E-state index is 12.1. The molecule has 1 aliphatic carbocycles. The summed E-state index contributed by atoms with van der Waals surface area (Å²) in [5.41, 5.74) is 0. The molecule has 112 valence electrons. The number of aliphatic hydroxyl groups is 1. The first-order valence-electron chi connectivity index (χ1n) is 7.33. The molecule has 3 N–H and O–H groups in total. The second-order valence-electron chi connectivity index (χ2n) is 5.40. The first kappa shape index (κ1) is 16.4. The van der Waals surface area contributed by atoms with Crippen LogP contribution in [0, 0.1) is 0 Å². The molecule has 1 saturated carbocycles. The van der Waals surface area contributed by atoms with Gasteiger partial charge < -0.3 is 20.5 Å². The zero-order valence-corrected chi connectivity index (χ0v) is 12.2. The number of hydrogen-bond donors (Lipinski definition) is 3. The maximum absolute atomic E-state index is 12.1. The summed E-state index contributed by atoms with van der Waals surface area (Å²) in [6.45, 7) is 2.46. The second kappa shape index (κ2) is 9.28. The van der Waals surface area contributed by atoms with Crippen molar-refractivity contribution in [2.75, 3.05) is 20.3 Å². The largest absolute Gasteiger partial charge is 0.396 e. The fraction of sp³-hybridized carbons (Fsp3) is 0.929. The van der Waals surface area contributed by atoms with Crippen molar-refractivity contribution in [3.8, 4) is 0 Å². The van der Waals surface area contributed by atoms with Gasteiger partial charge >= 0.3 is 0 Å². The number of ether oxygens (including phenoxy) is 1. The number of methoxy groups -OCH3 is 1. The predicted octanol–water partition coefficient (Wildman–Crippen LogP) is 0.811. The molecule has 1 fully saturated rings. The highest BCUT2D eigenvalue weighted by molar-refractivity contribution is 5.81. The Kier molecular flexibility index (Phi) is 8.02. The van der Waals surface area contributed by atoms with Crippen molar-refractivity contribution in [3.63, 3.8) is 0 Å². The van der Waals surface area contributed by atoms with Crippen LogP contribution in [0.1, 0.15) is 45.4 Å². The van der Waals surface area contributed by atoms with E-state index in [9.17, 15) is 4.79 Å². The van der Waals surface area contributed by atoms with Crippen LogP contribution in [0.3, 0.4) is 0 Å². The van der Waals surface area contributed by atoms with Gasteiger partial charge in [-0.05, 0) is 26.2 Å². The van der Waals surface area contributed by atoms with Gasteiger partial charge in [-0.25, -0.2) is 0 Å². The molecule has 0 saturated heterocycles. The first-order valence-corrected chi connectivity index (χ1v) is 7.33. The Morgan fingerprint density at radius 3 is 2.63 bits per heavy atom. The van der Waals surface area contributed by atoms with Gasteiger partial charge in [-0.15, -0.1) is 0 Å². The smallest absolute Gasteiger partial charge is 0.237 e. The molecule has 0 bridgehead atoms. The van der Waals surface area contributed by atoms with Gasteiger partial charge in [-0.1, -0.05) is 19.3 Å². The van der Waals surface area contributed by atoms with Crippen molar-refractivity contribution in [1.29, 1.82) is 0 Å². The molecule has 5 heteroatoms. The number of nitrogens with one attached hydrogen (secondary N) is 2. The van der Waals surface area contributed by atoms with Crippen LogP contribution in [0.5, 0.6) is 0 Å². The Morgan fingerprint density at radius 1 is 1.37 bits per heavy atom. The molecule has 1 amide bonds. The summed E-state index contributed by atoms with van der Waals surface area (Å²) in [5.74, 6) is 0.0472. The Bertz CT molecular complexity index is 249. The molecule has 5 nitrogen and oxygen atoms in total. The molecule has 2 unspecified atom stereocenters. The third kappa shape index (κ3) is 6.36. The molecule has 1 aliphatic rings. The third-order valence-electron chi connectivity index (χ3n) is 3.68. The van der Waals surface area contributed by atoms with Gasteiger partial charge in [0.25, 0.3) is 0 Å². The van der Waals surface area contributed by atoms with E-state index in [2.05, 4.69) is 10.6 Å². The molecule has 0 aromatic carbocycles. The van der Waals surface area contributed by atoms with Gasteiger partial charge in [0.2, 0.25) is 5.91 Å². The van der Waals surface area contributed by atoms with E-state index in [1.807, 2.05) is 6.92 Å². The SMILES string of the molecule is COCC(CCO)NC(C)C(=O)NC1CCCCC1. The minimum atomic E-state index is -0.256. The quantitative estimate of drug-likeness (QED) is 0.611. The van der Waals surface area contributed by atoms with Crippen LogP contribution in [0.15, 0.2) is 0 Å². The molecule has 1 rings (SSSR count). The zero-order chi connectivity index (χ0) is 14.1. The molecule has 19 heavy (non-hydrogen) atoms. The summed E-state index contributed by atoms with van der Waals surface area (Å²) in [4.78, 5) is 12.1. The van der Waals surface area contributed by atoms with E-state index in [0.717, 1.165) is 12.8 Å². The Hall–Kier alpha value is -0.650. The Balaban J connectivity index is 2.32. The third-order valence-corrected chi connectivity index (χ3v) is 3.68. The van der Waals surface area contributed by atoms with Crippen LogP contribution in [-0.2, 0) is 9.53 Å². The van der Waals surface area contributed by atoms with E-state index in [4.69, 9.17) is 9.84 Å². The summed E-state index contributed by atoms with van der Waals surface area (Å²) in [6.07, 6.45) is 6.49. The van der Waals surface area contributed by atoms with Gasteiger partial charge in [0.1, 0.15) is 0 Å². The highest BCUT2D eigenvalue weighted by Gasteiger charge is 2.21. The first-order chi connectivity index (χ1) is 9.17. The van der Waals surface area contributed by atoms with Gasteiger partial charge in [0.05, 0.1) is 12.6 Å². The average molecular weight is 272 g/mol. The van der Waals surface area contributed by atoms with Crippen LogP contribution in [0.2, 0.25) is 0 Å². The standard InChI is InChI=1S/C14H28N2O3/c1-11(15-13(8-9-17)10-19-2)14(18)16-12-6-4-3-5-7-12/h11-13,15,17H,3-10H2,1-2H3,(H,16,18). The molecule has 0 radical (unpaired) electrons. The summed E-state index contributed by atoms with van der Waals surface area (Å²) in [5, 5.41) is 15.3. The van der Waals surface area contributed by atoms with E-state index < -0.39 is 0 Å². The van der Waals surface area contributed by atoms with Crippen molar-refractivity contribution in [2.24, 2.45) is 0 Å². The number of hydrogen-bond acceptors (Lipinski definition) is 4. The lowest BCUT2D eigenvalue weighted by Gasteiger charge is -2.26. The van der Waals surface area contributed by atoms with Gasteiger partial charge in [0.15, 0.2) is 0 Å². The summed E-state index contributed by atoms with van der Waals surface area (Å²) in [6, 6.07) is 0.0972. The minimum Gasteiger partial charge on any atom is -0.396 e. The topological polar surface area (TPSA) is 70.6 Å². The summed E-state index contributed by atoms with van der Waals surface area (Å²) < 4.78 is 5.08.